The number of benzene rings is 2. The lowest BCUT2D eigenvalue weighted by molar-refractivity contribution is 0.355. The highest BCUT2D eigenvalue weighted by molar-refractivity contribution is 6.33. The van der Waals surface area contributed by atoms with Crippen molar-refractivity contribution in [3.8, 4) is 22.6 Å². The zero-order valence-corrected chi connectivity index (χ0v) is 11.0. The monoisotopic (exact) mass is 263 g/mol. The van der Waals surface area contributed by atoms with Crippen LogP contribution in [0.2, 0.25) is 5.02 Å². The van der Waals surface area contributed by atoms with E-state index in [9.17, 15) is 0 Å². The Bertz CT molecular complexity index is 570. The van der Waals surface area contributed by atoms with Gasteiger partial charge in [-0.25, -0.2) is 0 Å². The third-order valence-corrected chi connectivity index (χ3v) is 3.00. The van der Waals surface area contributed by atoms with Crippen LogP contribution in [0.1, 0.15) is 0 Å². The van der Waals surface area contributed by atoms with Crippen LogP contribution in [0.25, 0.3) is 11.1 Å². The molecule has 0 saturated carbocycles. The van der Waals surface area contributed by atoms with Crippen molar-refractivity contribution in [3.05, 3.63) is 41.4 Å². The summed E-state index contributed by atoms with van der Waals surface area (Å²) >= 11 is 6.18. The average molecular weight is 264 g/mol. The molecule has 0 aliphatic heterocycles. The second-order valence-corrected chi connectivity index (χ2v) is 4.22. The van der Waals surface area contributed by atoms with Crippen molar-refractivity contribution in [2.24, 2.45) is 0 Å². The molecule has 2 N–H and O–H groups in total. The van der Waals surface area contributed by atoms with Gasteiger partial charge in [0.25, 0.3) is 0 Å². The molecule has 0 saturated heterocycles. The van der Waals surface area contributed by atoms with Gasteiger partial charge in [0, 0.05) is 11.3 Å². The number of hydrogen-bond acceptors (Lipinski definition) is 3. The molecule has 0 aliphatic carbocycles. The molecule has 0 radical (unpaired) electrons. The van der Waals surface area contributed by atoms with Crippen LogP contribution in [-0.4, -0.2) is 14.2 Å². The van der Waals surface area contributed by atoms with Gasteiger partial charge in [-0.3, -0.25) is 0 Å². The van der Waals surface area contributed by atoms with E-state index < -0.39 is 0 Å². The fourth-order valence-electron chi connectivity index (χ4n) is 1.77. The number of halogens is 1. The lowest BCUT2D eigenvalue weighted by Gasteiger charge is -2.11. The van der Waals surface area contributed by atoms with Crippen molar-refractivity contribution in [2.45, 2.75) is 0 Å². The number of nitrogen functional groups attached to an aromatic ring is 1. The summed E-state index contributed by atoms with van der Waals surface area (Å²) in [5.74, 6) is 1.36. The molecule has 2 rings (SSSR count). The average Bonchev–Trinajstić information content (AvgIpc) is 2.38. The van der Waals surface area contributed by atoms with Gasteiger partial charge in [-0.2, -0.15) is 0 Å². The molecule has 4 heteroatoms. The number of nitrogens with two attached hydrogens (primary N) is 1. The van der Waals surface area contributed by atoms with Crippen molar-refractivity contribution in [2.75, 3.05) is 20.0 Å². The highest BCUT2D eigenvalue weighted by Crippen LogP contribution is 2.35. The van der Waals surface area contributed by atoms with Crippen molar-refractivity contribution in [3.63, 3.8) is 0 Å². The summed E-state index contributed by atoms with van der Waals surface area (Å²) in [4.78, 5) is 0. The second-order valence-electron chi connectivity index (χ2n) is 3.81. The summed E-state index contributed by atoms with van der Waals surface area (Å²) in [6.07, 6.45) is 0. The normalized spacial score (nSPS) is 10.2. The predicted molar refractivity (Wildman–Crippen MR) is 74.4 cm³/mol. The summed E-state index contributed by atoms with van der Waals surface area (Å²) in [5, 5.41) is 0.613. The molecule has 2 aromatic carbocycles. The summed E-state index contributed by atoms with van der Waals surface area (Å²) in [5.41, 5.74) is 8.19. The maximum absolute atomic E-state index is 6.18. The van der Waals surface area contributed by atoms with Gasteiger partial charge in [0.15, 0.2) is 11.5 Å². The van der Waals surface area contributed by atoms with Crippen LogP contribution in [0.3, 0.4) is 0 Å². The Labute approximate surface area is 111 Å². The third-order valence-electron chi connectivity index (χ3n) is 2.69. The van der Waals surface area contributed by atoms with Crippen LogP contribution >= 0.6 is 11.6 Å². The van der Waals surface area contributed by atoms with Crippen molar-refractivity contribution >= 4 is 17.3 Å². The topological polar surface area (TPSA) is 44.5 Å². The Morgan fingerprint density at radius 3 is 2.28 bits per heavy atom. The summed E-state index contributed by atoms with van der Waals surface area (Å²) in [7, 11) is 3.21. The number of hydrogen-bond donors (Lipinski definition) is 1. The molecule has 0 amide bonds. The minimum atomic E-state index is 0.613. The van der Waals surface area contributed by atoms with Gasteiger partial charge < -0.3 is 15.2 Å². The van der Waals surface area contributed by atoms with Crippen LogP contribution in [0.4, 0.5) is 5.69 Å². The molecule has 0 spiro atoms. The van der Waals surface area contributed by atoms with Crippen LogP contribution < -0.4 is 15.2 Å². The zero-order chi connectivity index (χ0) is 13.1. The van der Waals surface area contributed by atoms with Crippen LogP contribution in [0.5, 0.6) is 11.5 Å². The first-order valence-corrected chi connectivity index (χ1v) is 5.81. The van der Waals surface area contributed by atoms with Crippen LogP contribution in [-0.2, 0) is 0 Å². The lowest BCUT2D eigenvalue weighted by atomic mass is 10.0. The van der Waals surface area contributed by atoms with E-state index in [1.54, 1.807) is 20.3 Å². The molecule has 0 unspecified atom stereocenters. The molecule has 0 fully saturated rings. The highest BCUT2D eigenvalue weighted by atomic mass is 35.5. The van der Waals surface area contributed by atoms with E-state index in [1.165, 1.54) is 0 Å². The quantitative estimate of drug-likeness (QED) is 0.861. The van der Waals surface area contributed by atoms with Gasteiger partial charge in [-0.05, 0) is 29.8 Å². The SMILES string of the molecule is COc1ccc(-c2ccc(N)cc2Cl)cc1OC. The van der Waals surface area contributed by atoms with E-state index in [-0.39, 0.29) is 0 Å². The lowest BCUT2D eigenvalue weighted by Crippen LogP contribution is -1.91. The number of anilines is 1. The Kier molecular flexibility index (Phi) is 3.63. The molecule has 0 aliphatic rings. The van der Waals surface area contributed by atoms with Gasteiger partial charge >= 0.3 is 0 Å². The van der Waals surface area contributed by atoms with E-state index in [4.69, 9.17) is 26.8 Å². The van der Waals surface area contributed by atoms with E-state index in [2.05, 4.69) is 0 Å². The van der Waals surface area contributed by atoms with Gasteiger partial charge in [-0.1, -0.05) is 23.7 Å². The molecular formula is C14H14ClNO2. The predicted octanol–water partition coefficient (Wildman–Crippen LogP) is 3.61. The number of ether oxygens (including phenoxy) is 2. The van der Waals surface area contributed by atoms with Gasteiger partial charge in [0.1, 0.15) is 0 Å². The molecular weight excluding hydrogens is 250 g/mol. The number of methoxy groups -OCH3 is 2. The van der Waals surface area contributed by atoms with E-state index in [1.807, 2.05) is 30.3 Å². The third kappa shape index (κ3) is 2.36. The Morgan fingerprint density at radius 2 is 1.67 bits per heavy atom. The smallest absolute Gasteiger partial charge is 0.161 e. The second kappa shape index (κ2) is 5.19. The fourth-order valence-corrected chi connectivity index (χ4v) is 2.07. The highest BCUT2D eigenvalue weighted by Gasteiger charge is 2.08. The largest absolute Gasteiger partial charge is 0.493 e. The first-order chi connectivity index (χ1) is 8.65. The van der Waals surface area contributed by atoms with E-state index in [0.717, 1.165) is 11.1 Å². The molecule has 0 atom stereocenters. The van der Waals surface area contributed by atoms with Gasteiger partial charge in [0.05, 0.1) is 19.2 Å². The minimum absolute atomic E-state index is 0.613. The molecule has 2 aromatic rings. The molecule has 0 aromatic heterocycles. The number of rotatable bonds is 3. The molecule has 18 heavy (non-hydrogen) atoms. The van der Waals surface area contributed by atoms with Crippen molar-refractivity contribution < 1.29 is 9.47 Å². The standard InChI is InChI=1S/C14H14ClNO2/c1-17-13-6-3-9(7-14(13)18-2)11-5-4-10(16)8-12(11)15/h3-8H,16H2,1-2H3. The van der Waals surface area contributed by atoms with Crippen molar-refractivity contribution in [1.82, 2.24) is 0 Å². The first-order valence-electron chi connectivity index (χ1n) is 5.43. The van der Waals surface area contributed by atoms with Crippen LogP contribution in [0, 0.1) is 0 Å². The Morgan fingerprint density at radius 1 is 0.944 bits per heavy atom. The first kappa shape index (κ1) is 12.6. The summed E-state index contributed by atoms with van der Waals surface area (Å²) < 4.78 is 10.5. The minimum Gasteiger partial charge on any atom is -0.493 e. The van der Waals surface area contributed by atoms with Gasteiger partial charge in [-0.15, -0.1) is 0 Å². The molecule has 94 valence electrons. The van der Waals surface area contributed by atoms with E-state index in [0.29, 0.717) is 22.2 Å². The van der Waals surface area contributed by atoms with E-state index >= 15 is 0 Å². The maximum Gasteiger partial charge on any atom is 0.161 e. The molecule has 0 heterocycles. The van der Waals surface area contributed by atoms with Crippen LogP contribution in [0.15, 0.2) is 36.4 Å². The maximum atomic E-state index is 6.18. The molecule has 0 bridgehead atoms. The zero-order valence-electron chi connectivity index (χ0n) is 10.2. The Balaban J connectivity index is 2.51. The van der Waals surface area contributed by atoms with Gasteiger partial charge in [0.2, 0.25) is 0 Å². The summed E-state index contributed by atoms with van der Waals surface area (Å²) in [6, 6.07) is 11.1. The Hall–Kier alpha value is -1.87. The fraction of sp³-hybridized carbons (Fsp3) is 0.143. The van der Waals surface area contributed by atoms with Crippen molar-refractivity contribution in [1.29, 1.82) is 0 Å². The molecule has 3 nitrogen and oxygen atoms in total. The summed E-state index contributed by atoms with van der Waals surface area (Å²) in [6.45, 7) is 0.